The lowest BCUT2D eigenvalue weighted by atomic mass is 9.68. The number of ether oxygens (including phenoxy) is 1. The highest BCUT2D eigenvalue weighted by Crippen LogP contribution is 2.47. The number of halogens is 1. The van der Waals surface area contributed by atoms with E-state index in [9.17, 15) is 9.18 Å². The second-order valence-corrected chi connectivity index (χ2v) is 35.9. The van der Waals surface area contributed by atoms with E-state index in [0.717, 1.165) is 100 Å². The first-order valence-electron chi connectivity index (χ1n) is 43.3. The number of hydrogen-bond acceptors (Lipinski definition) is 2. The highest BCUT2D eigenvalue weighted by Gasteiger charge is 2.34. The van der Waals surface area contributed by atoms with Crippen LogP contribution in [-0.2, 0) is 4.79 Å². The average molecular weight is 1440 g/mol. The largest absolute Gasteiger partial charge is 0.426 e. The van der Waals surface area contributed by atoms with E-state index in [1.807, 2.05) is 55.5 Å². The second-order valence-electron chi connectivity index (χ2n) is 35.9. The lowest BCUT2D eigenvalue weighted by Crippen LogP contribution is -2.29. The van der Waals surface area contributed by atoms with Crippen LogP contribution in [0.3, 0.4) is 0 Å². The third-order valence-electron chi connectivity index (χ3n) is 27.7. The maximum Gasteiger partial charge on any atom is 0.314 e. The molecule has 0 atom stereocenters. The number of benzene rings is 9. The van der Waals surface area contributed by atoms with Crippen molar-refractivity contribution in [2.75, 3.05) is 0 Å². The Labute approximate surface area is 652 Å². The Balaban J connectivity index is 0.000000127. The van der Waals surface area contributed by atoms with Crippen molar-refractivity contribution in [2.24, 2.45) is 59.2 Å². The third-order valence-corrected chi connectivity index (χ3v) is 27.7. The predicted octanol–water partition coefficient (Wildman–Crippen LogP) is 30.7. The molecule has 108 heavy (non-hydrogen) atoms. The van der Waals surface area contributed by atoms with E-state index in [4.69, 9.17) is 4.74 Å². The smallest absolute Gasteiger partial charge is 0.314 e. The lowest BCUT2D eigenvalue weighted by Gasteiger charge is -2.37. The van der Waals surface area contributed by atoms with Gasteiger partial charge in [-0.05, 0) is 304 Å². The number of aryl methyl sites for hydroxylation is 3. The highest BCUT2D eigenvalue weighted by atomic mass is 19.1. The zero-order valence-corrected chi connectivity index (χ0v) is 67.3. The SMILES string of the molecule is CC1CCC(c2ccc(OC(=O)C3CCC(C4CCC(C)CC4)CC3)cc2)CC1.Cc1ccc(-c2ccc(-c3ccc(C4CCC(C)CC4)cc3)cc2)cc1.Cc1ccc(-c2ccc(-c3ccc(C4CCC(C)CC4)cc3)cc2F)cc1.Cc1ccc(-c2ccc(C3CCC(C4CCC(C)CC4)CC3)cc2)cc1. The number of carbonyl (C=O) groups is 1. The van der Waals surface area contributed by atoms with Crippen molar-refractivity contribution in [3.8, 4) is 61.4 Å². The Morgan fingerprint density at radius 3 is 0.787 bits per heavy atom. The fraction of sp³-hybridized carbons (Fsp3) is 0.476. The standard InChI is InChI=1S/C27H40O2.C26H27F.C26H34.C26H28/c1-19-3-7-21(8-4-19)23-11-13-25(14-12-23)27(28)29-26-17-15-24(16-18-26)22-9-5-20(2)6-10-22;1-18-3-7-20(8-4-18)21-11-13-22(14-12-21)24-15-16-25(26(27)17-24)23-9-5-19(2)6-10-23;2*1-19-3-7-21(8-4-19)23-11-15-25(16-12-23)26-17-13-24(14-18-26)22-9-5-20(2)6-10-22/h15-23,25H,3-14H2,1-2H3;5-6,9-18,20H,3-4,7-8H2,1-2H3;3-4,7-8,11-12,15-16,20,22,24,26H,5-6,9-10,13-14,17-18H2,1-2H3;3-4,7-8,11-18,20,22H,5-6,9-10H2,1-2H3. The number of rotatable bonds is 13. The Bertz CT molecular complexity index is 4150. The molecule has 0 heterocycles. The summed E-state index contributed by atoms with van der Waals surface area (Å²) in [5.41, 5.74) is 21.2. The molecule has 0 aromatic heterocycles. The molecule has 0 N–H and O–H groups in total. The minimum atomic E-state index is -0.165. The zero-order chi connectivity index (χ0) is 74.9. The van der Waals surface area contributed by atoms with Crippen molar-refractivity contribution in [3.05, 3.63) is 257 Å². The Kier molecular flexibility index (Phi) is 27.9. The van der Waals surface area contributed by atoms with Crippen molar-refractivity contribution >= 4 is 5.97 Å². The van der Waals surface area contributed by atoms with E-state index in [1.165, 1.54) is 234 Å². The lowest BCUT2D eigenvalue weighted by molar-refractivity contribution is -0.140. The summed E-state index contributed by atoms with van der Waals surface area (Å²) in [6.07, 6.45) is 37.8. The summed E-state index contributed by atoms with van der Waals surface area (Å²) in [6.45, 7) is 18.3. The van der Waals surface area contributed by atoms with Crippen LogP contribution in [0.25, 0.3) is 55.6 Å². The molecule has 0 radical (unpaired) electrons. The molecule has 0 unspecified atom stereocenters. The van der Waals surface area contributed by atoms with Gasteiger partial charge in [-0.15, -0.1) is 0 Å². The van der Waals surface area contributed by atoms with E-state index in [1.54, 1.807) is 11.6 Å². The van der Waals surface area contributed by atoms with Crippen LogP contribution in [0.15, 0.2) is 212 Å². The topological polar surface area (TPSA) is 26.3 Å². The first-order chi connectivity index (χ1) is 52.6. The van der Waals surface area contributed by atoms with Crippen LogP contribution in [0.1, 0.15) is 277 Å². The van der Waals surface area contributed by atoms with Gasteiger partial charge in [-0.25, -0.2) is 4.39 Å². The van der Waals surface area contributed by atoms with Gasteiger partial charge in [-0.2, -0.15) is 0 Å². The number of esters is 1. The van der Waals surface area contributed by atoms with Crippen molar-refractivity contribution < 1.29 is 13.9 Å². The summed E-state index contributed by atoms with van der Waals surface area (Å²) < 4.78 is 20.5. The third kappa shape index (κ3) is 21.7. The van der Waals surface area contributed by atoms with Gasteiger partial charge in [0.05, 0.1) is 5.92 Å². The Hall–Kier alpha value is -7.62. The summed E-state index contributed by atoms with van der Waals surface area (Å²) in [5.74, 6) is 12.0. The molecule has 0 aliphatic heterocycles. The minimum Gasteiger partial charge on any atom is -0.426 e. The minimum absolute atomic E-state index is 0.0000393. The van der Waals surface area contributed by atoms with Gasteiger partial charge in [0, 0.05) is 5.56 Å². The van der Waals surface area contributed by atoms with Gasteiger partial charge in [0.25, 0.3) is 0 Å². The zero-order valence-electron chi connectivity index (χ0n) is 67.3. The molecule has 7 fully saturated rings. The first kappa shape index (κ1) is 78.5. The summed E-state index contributed by atoms with van der Waals surface area (Å²) in [6, 6.07) is 76.1. The van der Waals surface area contributed by atoms with Crippen molar-refractivity contribution in [1.82, 2.24) is 0 Å². The van der Waals surface area contributed by atoms with Crippen LogP contribution in [0.4, 0.5) is 4.39 Å². The maximum atomic E-state index is 14.7. The van der Waals surface area contributed by atoms with E-state index in [-0.39, 0.29) is 17.7 Å². The fourth-order valence-corrected chi connectivity index (χ4v) is 19.9. The monoisotopic (exact) mass is 1440 g/mol. The number of carbonyl (C=O) groups excluding carboxylic acids is 1. The van der Waals surface area contributed by atoms with E-state index >= 15 is 0 Å². The van der Waals surface area contributed by atoms with E-state index in [2.05, 4.69) is 206 Å². The maximum absolute atomic E-state index is 14.7. The van der Waals surface area contributed by atoms with E-state index < -0.39 is 0 Å². The van der Waals surface area contributed by atoms with Gasteiger partial charge in [0.15, 0.2) is 0 Å². The highest BCUT2D eigenvalue weighted by molar-refractivity contribution is 5.76. The van der Waals surface area contributed by atoms with Gasteiger partial charge in [-0.1, -0.05) is 310 Å². The van der Waals surface area contributed by atoms with Crippen molar-refractivity contribution in [2.45, 2.75) is 259 Å². The van der Waals surface area contributed by atoms with Crippen LogP contribution in [-0.4, -0.2) is 5.97 Å². The molecule has 16 rings (SSSR count). The first-order valence-corrected chi connectivity index (χ1v) is 43.3. The number of hydrogen-bond donors (Lipinski definition) is 0. The van der Waals surface area contributed by atoms with Crippen LogP contribution in [0.2, 0.25) is 0 Å². The van der Waals surface area contributed by atoms with Gasteiger partial charge in [-0.3, -0.25) is 4.79 Å². The van der Waals surface area contributed by atoms with Gasteiger partial charge in [0.1, 0.15) is 11.6 Å². The van der Waals surface area contributed by atoms with Gasteiger partial charge >= 0.3 is 5.97 Å². The fourth-order valence-electron chi connectivity index (χ4n) is 19.9. The molecular formula is C105H129FO2. The molecule has 9 aromatic rings. The molecule has 0 saturated heterocycles. The second kappa shape index (κ2) is 38.3. The molecule has 0 spiro atoms. The summed E-state index contributed by atoms with van der Waals surface area (Å²) in [4.78, 5) is 12.7. The molecule has 0 bridgehead atoms. The van der Waals surface area contributed by atoms with Crippen LogP contribution in [0, 0.1) is 85.8 Å². The van der Waals surface area contributed by atoms with Crippen molar-refractivity contribution in [1.29, 1.82) is 0 Å². The Morgan fingerprint density at radius 1 is 0.259 bits per heavy atom. The molecule has 9 aromatic carbocycles. The summed E-state index contributed by atoms with van der Waals surface area (Å²) >= 11 is 0. The molecule has 3 heteroatoms. The predicted molar refractivity (Wildman–Crippen MR) is 456 cm³/mol. The molecule has 7 saturated carbocycles. The van der Waals surface area contributed by atoms with Crippen molar-refractivity contribution in [3.63, 3.8) is 0 Å². The summed E-state index contributed by atoms with van der Waals surface area (Å²) in [7, 11) is 0. The molecule has 2 nitrogen and oxygen atoms in total. The van der Waals surface area contributed by atoms with Gasteiger partial charge in [0.2, 0.25) is 0 Å². The summed E-state index contributed by atoms with van der Waals surface area (Å²) in [5, 5.41) is 0. The molecular weight excluding hydrogens is 1310 g/mol. The van der Waals surface area contributed by atoms with Gasteiger partial charge < -0.3 is 4.74 Å². The van der Waals surface area contributed by atoms with Crippen LogP contribution in [0.5, 0.6) is 5.75 Å². The van der Waals surface area contributed by atoms with Crippen LogP contribution >= 0.6 is 0 Å². The van der Waals surface area contributed by atoms with E-state index in [0.29, 0.717) is 17.4 Å². The molecule has 7 aliphatic carbocycles. The molecule has 7 aliphatic rings. The normalized spacial score (nSPS) is 26.5. The quantitative estimate of drug-likeness (QED) is 0.0849. The molecule has 0 amide bonds. The average Bonchev–Trinajstić information content (AvgIpc) is 0.834. The Morgan fingerprint density at radius 2 is 0.481 bits per heavy atom. The van der Waals surface area contributed by atoms with Crippen LogP contribution < -0.4 is 4.74 Å². The molecule has 568 valence electrons.